The number of nitrogens with zero attached hydrogens (tertiary/aromatic N) is 1. The molecule has 2 rings (SSSR count). The molecule has 0 bridgehead atoms. The highest BCUT2D eigenvalue weighted by Crippen LogP contribution is 2.29. The van der Waals surface area contributed by atoms with Crippen LogP contribution < -0.4 is 0 Å². The second-order valence-electron chi connectivity index (χ2n) is 6.71. The molecule has 0 aliphatic heterocycles. The summed E-state index contributed by atoms with van der Waals surface area (Å²) in [5.41, 5.74) is 0.953. The second-order valence-corrected chi connectivity index (χ2v) is 8.73. The van der Waals surface area contributed by atoms with Crippen molar-refractivity contribution < 1.29 is 13.2 Å². The summed E-state index contributed by atoms with van der Waals surface area (Å²) in [6.07, 6.45) is 7.93. The van der Waals surface area contributed by atoms with E-state index in [9.17, 15) is 13.2 Å². The standard InChI is InChI=1S/C18H27NO3S/c1-14(16-9-11-17(12-10-16)23(3,21)22)19(2)18(20)13-8-15-6-4-5-7-15/h9-12,14-15H,4-8,13H2,1-3H3. The van der Waals surface area contributed by atoms with Crippen molar-refractivity contribution in [2.24, 2.45) is 5.92 Å². The van der Waals surface area contributed by atoms with E-state index in [1.54, 1.807) is 29.2 Å². The van der Waals surface area contributed by atoms with Crippen molar-refractivity contribution in [1.82, 2.24) is 4.90 Å². The van der Waals surface area contributed by atoms with Gasteiger partial charge < -0.3 is 4.90 Å². The average Bonchev–Trinajstić information content (AvgIpc) is 3.04. The number of sulfone groups is 1. The fraction of sp³-hybridized carbons (Fsp3) is 0.611. The summed E-state index contributed by atoms with van der Waals surface area (Å²) < 4.78 is 23.0. The van der Waals surface area contributed by atoms with Gasteiger partial charge in [0.1, 0.15) is 0 Å². The summed E-state index contributed by atoms with van der Waals surface area (Å²) in [5.74, 6) is 0.883. The normalized spacial score (nSPS) is 17.2. The zero-order chi connectivity index (χ0) is 17.0. The van der Waals surface area contributed by atoms with Gasteiger partial charge in [-0.3, -0.25) is 4.79 Å². The molecule has 1 fully saturated rings. The lowest BCUT2D eigenvalue weighted by atomic mass is 10.0. The molecule has 1 aromatic carbocycles. The molecule has 128 valence electrons. The number of carbonyl (C=O) groups excluding carboxylic acids is 1. The van der Waals surface area contributed by atoms with Crippen molar-refractivity contribution in [3.05, 3.63) is 29.8 Å². The summed E-state index contributed by atoms with van der Waals surface area (Å²) in [7, 11) is -1.35. The maximum Gasteiger partial charge on any atom is 0.222 e. The van der Waals surface area contributed by atoms with Crippen LogP contribution in [-0.2, 0) is 14.6 Å². The van der Waals surface area contributed by atoms with Crippen LogP contribution in [0.25, 0.3) is 0 Å². The quantitative estimate of drug-likeness (QED) is 0.797. The summed E-state index contributed by atoms with van der Waals surface area (Å²) in [4.78, 5) is 14.4. The first-order valence-corrected chi connectivity index (χ1v) is 10.2. The number of benzene rings is 1. The minimum atomic E-state index is -3.18. The van der Waals surface area contributed by atoms with E-state index in [0.717, 1.165) is 17.9 Å². The van der Waals surface area contributed by atoms with Gasteiger partial charge in [-0.15, -0.1) is 0 Å². The molecular weight excluding hydrogens is 310 g/mol. The van der Waals surface area contributed by atoms with Gasteiger partial charge in [-0.2, -0.15) is 0 Å². The van der Waals surface area contributed by atoms with Gasteiger partial charge in [0.25, 0.3) is 0 Å². The van der Waals surface area contributed by atoms with Crippen LogP contribution in [0.15, 0.2) is 29.2 Å². The number of rotatable bonds is 6. The maximum absolute atomic E-state index is 12.4. The molecule has 1 unspecified atom stereocenters. The number of carbonyl (C=O) groups is 1. The van der Waals surface area contributed by atoms with Crippen molar-refractivity contribution in [3.63, 3.8) is 0 Å². The number of hydrogen-bond donors (Lipinski definition) is 0. The Labute approximate surface area is 139 Å². The Morgan fingerprint density at radius 1 is 1.22 bits per heavy atom. The smallest absolute Gasteiger partial charge is 0.222 e. The first-order chi connectivity index (χ1) is 10.8. The molecule has 23 heavy (non-hydrogen) atoms. The Bertz CT molecular complexity index is 631. The zero-order valence-corrected chi connectivity index (χ0v) is 15.1. The third-order valence-electron chi connectivity index (χ3n) is 5.01. The summed E-state index contributed by atoms with van der Waals surface area (Å²) in [6.45, 7) is 1.98. The monoisotopic (exact) mass is 337 g/mol. The van der Waals surface area contributed by atoms with Crippen LogP contribution in [0.5, 0.6) is 0 Å². The minimum absolute atomic E-state index is 0.0558. The summed E-state index contributed by atoms with van der Waals surface area (Å²) in [5, 5.41) is 0. The molecule has 1 amide bonds. The third-order valence-corrected chi connectivity index (χ3v) is 6.13. The van der Waals surface area contributed by atoms with Crippen molar-refractivity contribution in [2.45, 2.75) is 56.4 Å². The number of hydrogen-bond acceptors (Lipinski definition) is 3. The van der Waals surface area contributed by atoms with E-state index in [0.29, 0.717) is 11.3 Å². The lowest BCUT2D eigenvalue weighted by molar-refractivity contribution is -0.132. The van der Waals surface area contributed by atoms with E-state index in [1.165, 1.54) is 31.9 Å². The van der Waals surface area contributed by atoms with Crippen LogP contribution in [0.1, 0.15) is 57.1 Å². The molecule has 1 aromatic rings. The minimum Gasteiger partial charge on any atom is -0.339 e. The predicted molar refractivity (Wildman–Crippen MR) is 91.9 cm³/mol. The van der Waals surface area contributed by atoms with Crippen LogP contribution >= 0.6 is 0 Å². The summed E-state index contributed by atoms with van der Waals surface area (Å²) >= 11 is 0. The third kappa shape index (κ3) is 4.80. The highest BCUT2D eigenvalue weighted by atomic mass is 32.2. The van der Waals surface area contributed by atoms with Crippen LogP contribution in [0.2, 0.25) is 0 Å². The Morgan fingerprint density at radius 3 is 2.30 bits per heavy atom. The lowest BCUT2D eigenvalue weighted by Crippen LogP contribution is -2.29. The Hall–Kier alpha value is -1.36. The first-order valence-electron chi connectivity index (χ1n) is 8.34. The second kappa shape index (κ2) is 7.47. The van der Waals surface area contributed by atoms with E-state index in [-0.39, 0.29) is 11.9 Å². The van der Waals surface area contributed by atoms with E-state index in [2.05, 4.69) is 0 Å². The number of amides is 1. The molecule has 0 N–H and O–H groups in total. The van der Waals surface area contributed by atoms with Gasteiger partial charge in [-0.1, -0.05) is 37.8 Å². The van der Waals surface area contributed by atoms with Gasteiger partial charge in [-0.25, -0.2) is 8.42 Å². The van der Waals surface area contributed by atoms with E-state index in [1.807, 2.05) is 14.0 Å². The van der Waals surface area contributed by atoms with Crippen LogP contribution in [0.4, 0.5) is 0 Å². The van der Waals surface area contributed by atoms with Gasteiger partial charge in [0.2, 0.25) is 5.91 Å². The predicted octanol–water partition coefficient (Wildman–Crippen LogP) is 3.58. The molecule has 1 atom stereocenters. The highest BCUT2D eigenvalue weighted by molar-refractivity contribution is 7.90. The van der Waals surface area contributed by atoms with Gasteiger partial charge >= 0.3 is 0 Å². The Kier molecular flexibility index (Phi) is 5.84. The molecule has 4 nitrogen and oxygen atoms in total. The van der Waals surface area contributed by atoms with Gasteiger partial charge in [-0.05, 0) is 37.0 Å². The molecule has 1 aliphatic rings. The van der Waals surface area contributed by atoms with Crippen molar-refractivity contribution in [1.29, 1.82) is 0 Å². The Morgan fingerprint density at radius 2 is 1.78 bits per heavy atom. The Balaban J connectivity index is 1.95. The lowest BCUT2D eigenvalue weighted by Gasteiger charge is -2.26. The fourth-order valence-electron chi connectivity index (χ4n) is 3.24. The van der Waals surface area contributed by atoms with E-state index >= 15 is 0 Å². The molecule has 5 heteroatoms. The van der Waals surface area contributed by atoms with Gasteiger partial charge in [0, 0.05) is 19.7 Å². The molecule has 0 spiro atoms. The first kappa shape index (κ1) is 18.0. The summed E-state index contributed by atoms with van der Waals surface area (Å²) in [6, 6.07) is 6.75. The molecule has 0 aromatic heterocycles. The molecule has 0 radical (unpaired) electrons. The van der Waals surface area contributed by atoms with Gasteiger partial charge in [0.05, 0.1) is 10.9 Å². The van der Waals surface area contributed by atoms with Crippen molar-refractivity contribution in [3.8, 4) is 0 Å². The maximum atomic E-state index is 12.4. The average molecular weight is 337 g/mol. The SMILES string of the molecule is CC(c1ccc(S(C)(=O)=O)cc1)N(C)C(=O)CCC1CCCC1. The topological polar surface area (TPSA) is 54.5 Å². The fourth-order valence-corrected chi connectivity index (χ4v) is 3.87. The molecule has 1 aliphatic carbocycles. The van der Waals surface area contributed by atoms with Crippen molar-refractivity contribution >= 4 is 15.7 Å². The van der Waals surface area contributed by atoms with Crippen LogP contribution in [-0.4, -0.2) is 32.5 Å². The molecular formula is C18H27NO3S. The highest BCUT2D eigenvalue weighted by Gasteiger charge is 2.21. The molecule has 1 saturated carbocycles. The largest absolute Gasteiger partial charge is 0.339 e. The zero-order valence-electron chi connectivity index (χ0n) is 14.3. The molecule has 0 heterocycles. The van der Waals surface area contributed by atoms with E-state index in [4.69, 9.17) is 0 Å². The van der Waals surface area contributed by atoms with Crippen LogP contribution in [0.3, 0.4) is 0 Å². The molecule has 0 saturated heterocycles. The van der Waals surface area contributed by atoms with Gasteiger partial charge in [0.15, 0.2) is 9.84 Å². The van der Waals surface area contributed by atoms with Crippen LogP contribution in [0, 0.1) is 5.92 Å². The van der Waals surface area contributed by atoms with Crippen molar-refractivity contribution in [2.75, 3.05) is 13.3 Å². The van der Waals surface area contributed by atoms with E-state index < -0.39 is 9.84 Å².